The van der Waals surface area contributed by atoms with Crippen LogP contribution in [0.3, 0.4) is 0 Å². The Hall–Kier alpha value is -4.67. The highest BCUT2D eigenvalue weighted by atomic mass is 19.1. The number of carbonyl (C=O) groups is 1. The van der Waals surface area contributed by atoms with Crippen LogP contribution in [-0.4, -0.2) is 56.1 Å². The number of piperidine rings is 1. The molecule has 5 heterocycles. The van der Waals surface area contributed by atoms with Crippen LogP contribution < -0.4 is 10.1 Å². The summed E-state index contributed by atoms with van der Waals surface area (Å²) in [5, 5.41) is 3.15. The minimum atomic E-state index is -0.256. The predicted molar refractivity (Wildman–Crippen MR) is 185 cm³/mol. The third kappa shape index (κ3) is 6.93. The summed E-state index contributed by atoms with van der Waals surface area (Å²) in [4.78, 5) is 29.8. The van der Waals surface area contributed by atoms with Crippen LogP contribution in [0.2, 0.25) is 0 Å². The number of nitrogens with one attached hydrogen (secondary N) is 1. The number of amides is 1. The van der Waals surface area contributed by atoms with Crippen LogP contribution in [0.15, 0.2) is 73.1 Å². The summed E-state index contributed by atoms with van der Waals surface area (Å²) in [7, 11) is 0. The first-order chi connectivity index (χ1) is 23.9. The molecule has 252 valence electrons. The number of fused-ring (bicyclic) bond motifs is 2. The highest BCUT2D eigenvalue weighted by molar-refractivity contribution is 5.95. The maximum absolute atomic E-state index is 14.3. The molecule has 2 aliphatic heterocycles. The van der Waals surface area contributed by atoms with Crippen LogP contribution in [0.5, 0.6) is 5.88 Å². The van der Waals surface area contributed by atoms with Gasteiger partial charge in [0.05, 0.1) is 30.2 Å². The zero-order chi connectivity index (χ0) is 33.3. The Morgan fingerprint density at radius 3 is 2.67 bits per heavy atom. The Labute approximate surface area is 285 Å². The lowest BCUT2D eigenvalue weighted by Gasteiger charge is -2.32. The van der Waals surface area contributed by atoms with Crippen LogP contribution in [0.4, 0.5) is 10.1 Å². The largest absolute Gasteiger partial charge is 0.473 e. The van der Waals surface area contributed by atoms with E-state index in [-0.39, 0.29) is 30.4 Å². The Morgan fingerprint density at radius 2 is 1.88 bits per heavy atom. The lowest BCUT2D eigenvalue weighted by Crippen LogP contribution is -2.35. The van der Waals surface area contributed by atoms with E-state index in [1.807, 2.05) is 49.5 Å². The second-order valence-electron chi connectivity index (χ2n) is 13.7. The van der Waals surface area contributed by atoms with Gasteiger partial charge in [0.15, 0.2) is 0 Å². The van der Waals surface area contributed by atoms with E-state index in [1.165, 1.54) is 11.6 Å². The lowest BCUT2D eigenvalue weighted by atomic mass is 9.93. The van der Waals surface area contributed by atoms with E-state index < -0.39 is 0 Å². The molecule has 2 fully saturated rings. The molecule has 1 aliphatic carbocycles. The summed E-state index contributed by atoms with van der Waals surface area (Å²) in [6, 6.07) is 19.1. The molecule has 2 saturated heterocycles. The summed E-state index contributed by atoms with van der Waals surface area (Å²) >= 11 is 0. The van der Waals surface area contributed by atoms with E-state index in [1.54, 1.807) is 12.3 Å². The molecule has 2 atom stereocenters. The van der Waals surface area contributed by atoms with Gasteiger partial charge in [-0.05, 0) is 105 Å². The van der Waals surface area contributed by atoms with Crippen molar-refractivity contribution in [2.45, 2.75) is 70.7 Å². The number of anilines is 1. The number of hydrogen-bond donors (Lipinski definition) is 1. The number of likely N-dealkylation sites (tertiary alicyclic amines) is 1. The number of aryl methyl sites for hydroxylation is 1. The van der Waals surface area contributed by atoms with Crippen molar-refractivity contribution in [2.24, 2.45) is 5.92 Å². The fraction of sp³-hybridized carbons (Fsp3) is 0.385. The minimum absolute atomic E-state index is 0.0349. The Balaban J connectivity index is 0.917. The van der Waals surface area contributed by atoms with Gasteiger partial charge in [0.1, 0.15) is 18.2 Å². The number of nitrogens with zero attached hydrogens (tertiary/aromatic N) is 5. The Kier molecular flexibility index (Phi) is 8.82. The minimum Gasteiger partial charge on any atom is -0.473 e. The van der Waals surface area contributed by atoms with Gasteiger partial charge in [-0.2, -0.15) is 0 Å². The van der Waals surface area contributed by atoms with E-state index in [2.05, 4.69) is 31.9 Å². The molecular formula is C39H41FN6O3. The van der Waals surface area contributed by atoms with E-state index in [0.717, 1.165) is 104 Å². The Morgan fingerprint density at radius 1 is 1.02 bits per heavy atom. The summed E-state index contributed by atoms with van der Waals surface area (Å²) in [6.07, 6.45) is 8.34. The molecule has 1 amide bonds. The van der Waals surface area contributed by atoms with Gasteiger partial charge in [-0.15, -0.1) is 0 Å². The lowest BCUT2D eigenvalue weighted by molar-refractivity contribution is -0.119. The van der Waals surface area contributed by atoms with E-state index >= 15 is 0 Å². The third-order valence-corrected chi connectivity index (χ3v) is 10.3. The number of imidazole rings is 1. The zero-order valence-corrected chi connectivity index (χ0v) is 27.8. The standard InChI is InChI=1S/C39H41FN6O3/c1-25-5-6-28(33(40)17-25)24-49-38-4-2-3-34(44-38)26-10-14-45(15-11-26)23-37-43-35-20-31(7-8-36(35)46(37)22-32-12-16-48-32)42-39(47)29-18-27-9-13-41-21-30(27)19-29/h2-9,13,17,20-21,26,29,32H,10-12,14-16,18-19,22-24H2,1H3,(H,42,47). The molecule has 49 heavy (non-hydrogen) atoms. The van der Waals surface area contributed by atoms with Gasteiger partial charge in [-0.1, -0.05) is 18.2 Å². The summed E-state index contributed by atoms with van der Waals surface area (Å²) < 4.78 is 28.3. The fourth-order valence-electron chi connectivity index (χ4n) is 7.33. The van der Waals surface area contributed by atoms with Crippen molar-refractivity contribution >= 4 is 22.6 Å². The summed E-state index contributed by atoms with van der Waals surface area (Å²) in [6.45, 7) is 6.19. The van der Waals surface area contributed by atoms with Gasteiger partial charge in [-0.25, -0.2) is 14.4 Å². The second kappa shape index (κ2) is 13.7. The topological polar surface area (TPSA) is 94.4 Å². The summed E-state index contributed by atoms with van der Waals surface area (Å²) in [5.41, 5.74) is 7.51. The van der Waals surface area contributed by atoms with Gasteiger partial charge < -0.3 is 19.4 Å². The number of hydrogen-bond acceptors (Lipinski definition) is 7. The van der Waals surface area contributed by atoms with Crippen molar-refractivity contribution in [3.63, 3.8) is 0 Å². The predicted octanol–water partition coefficient (Wildman–Crippen LogP) is 6.37. The molecule has 0 spiro atoms. The van der Waals surface area contributed by atoms with Crippen LogP contribution in [0, 0.1) is 18.7 Å². The zero-order valence-electron chi connectivity index (χ0n) is 27.8. The van der Waals surface area contributed by atoms with Gasteiger partial charge in [0, 0.05) is 53.8 Å². The normalized spacial score (nSPS) is 19.5. The van der Waals surface area contributed by atoms with Crippen molar-refractivity contribution < 1.29 is 18.7 Å². The van der Waals surface area contributed by atoms with Gasteiger partial charge in [0.25, 0.3) is 0 Å². The van der Waals surface area contributed by atoms with Crippen LogP contribution in [-0.2, 0) is 42.1 Å². The maximum Gasteiger partial charge on any atom is 0.228 e. The maximum atomic E-state index is 14.3. The third-order valence-electron chi connectivity index (χ3n) is 10.3. The molecule has 0 radical (unpaired) electrons. The van der Waals surface area contributed by atoms with Crippen molar-refractivity contribution in [1.29, 1.82) is 0 Å². The SMILES string of the molecule is Cc1ccc(COc2cccc(C3CCN(Cc4nc5cc(NC(=O)C6Cc7ccncc7C6)ccc5n4CC4CCO4)CC3)n2)c(F)c1. The van der Waals surface area contributed by atoms with E-state index in [0.29, 0.717) is 17.4 Å². The van der Waals surface area contributed by atoms with Crippen LogP contribution in [0.25, 0.3) is 11.0 Å². The van der Waals surface area contributed by atoms with E-state index in [9.17, 15) is 9.18 Å². The molecule has 0 bridgehead atoms. The average Bonchev–Trinajstić information content (AvgIpc) is 3.67. The molecule has 0 saturated carbocycles. The smallest absolute Gasteiger partial charge is 0.228 e. The highest BCUT2D eigenvalue weighted by Crippen LogP contribution is 2.31. The van der Waals surface area contributed by atoms with Crippen molar-refractivity contribution in [2.75, 3.05) is 25.0 Å². The first-order valence-electron chi connectivity index (χ1n) is 17.4. The fourth-order valence-corrected chi connectivity index (χ4v) is 7.33. The number of aromatic nitrogens is 4. The average molecular weight is 661 g/mol. The molecule has 2 aromatic carbocycles. The first-order valence-corrected chi connectivity index (χ1v) is 17.4. The molecule has 2 unspecified atom stereocenters. The Bertz CT molecular complexity index is 1960. The van der Waals surface area contributed by atoms with E-state index in [4.69, 9.17) is 19.4 Å². The van der Waals surface area contributed by atoms with Crippen molar-refractivity contribution in [1.82, 2.24) is 24.4 Å². The van der Waals surface area contributed by atoms with Crippen molar-refractivity contribution in [3.8, 4) is 5.88 Å². The number of pyridine rings is 2. The second-order valence-corrected chi connectivity index (χ2v) is 13.7. The number of halogens is 1. The molecule has 3 aliphatic rings. The molecule has 1 N–H and O–H groups in total. The molecular weight excluding hydrogens is 619 g/mol. The van der Waals surface area contributed by atoms with Crippen LogP contribution in [0.1, 0.15) is 59.0 Å². The van der Waals surface area contributed by atoms with Gasteiger partial charge >= 0.3 is 0 Å². The number of carbonyl (C=O) groups excluding carboxylic acids is 1. The van der Waals surface area contributed by atoms with Gasteiger partial charge in [0.2, 0.25) is 11.8 Å². The molecule has 5 aromatic rings. The quantitative estimate of drug-likeness (QED) is 0.186. The number of rotatable bonds is 10. The van der Waals surface area contributed by atoms with Gasteiger partial charge in [-0.3, -0.25) is 14.7 Å². The molecule has 9 nitrogen and oxygen atoms in total. The monoisotopic (exact) mass is 660 g/mol. The summed E-state index contributed by atoms with van der Waals surface area (Å²) in [5.74, 6) is 1.56. The molecule has 10 heteroatoms. The van der Waals surface area contributed by atoms with Crippen molar-refractivity contribution in [3.05, 3.63) is 113 Å². The highest BCUT2D eigenvalue weighted by Gasteiger charge is 2.29. The number of benzene rings is 2. The van der Waals surface area contributed by atoms with Crippen LogP contribution >= 0.6 is 0 Å². The number of ether oxygens (including phenoxy) is 2. The first kappa shape index (κ1) is 31.6. The molecule has 8 rings (SSSR count). The molecule has 3 aromatic heterocycles.